The van der Waals surface area contributed by atoms with Crippen LogP contribution in [0.15, 0.2) is 42.7 Å². The van der Waals surface area contributed by atoms with Crippen molar-refractivity contribution < 1.29 is 9.18 Å². The molecule has 0 saturated carbocycles. The topological polar surface area (TPSA) is 92.7 Å². The molecule has 0 radical (unpaired) electrons. The summed E-state index contributed by atoms with van der Waals surface area (Å²) in [7, 11) is 0. The Labute approximate surface area is 155 Å². The fraction of sp³-hybridized carbons (Fsp3) is 0.211. The van der Waals surface area contributed by atoms with E-state index in [4.69, 9.17) is 0 Å². The van der Waals surface area contributed by atoms with Crippen molar-refractivity contribution >= 4 is 17.4 Å². The highest BCUT2D eigenvalue weighted by molar-refractivity contribution is 5.93. The average Bonchev–Trinajstić information content (AvgIpc) is 3.17. The number of fused-ring (bicyclic) bond motifs is 1. The lowest BCUT2D eigenvalue weighted by atomic mass is 10.2. The molecule has 1 amide bonds. The number of amides is 1. The van der Waals surface area contributed by atoms with Crippen LogP contribution >= 0.6 is 0 Å². The van der Waals surface area contributed by atoms with Crippen LogP contribution in [0.3, 0.4) is 0 Å². The van der Waals surface area contributed by atoms with E-state index >= 15 is 0 Å². The molecule has 3 aromatic heterocycles. The Morgan fingerprint density at radius 2 is 2.04 bits per heavy atom. The van der Waals surface area contributed by atoms with Gasteiger partial charge in [-0.05, 0) is 43.5 Å². The number of pyridine rings is 2. The number of aromatic nitrogens is 4. The summed E-state index contributed by atoms with van der Waals surface area (Å²) in [6.45, 7) is 0.0302. The minimum atomic E-state index is -0.593. The van der Waals surface area contributed by atoms with Gasteiger partial charge in [0.15, 0.2) is 5.82 Å². The number of anilines is 2. The van der Waals surface area contributed by atoms with Gasteiger partial charge in [0.1, 0.15) is 11.5 Å². The van der Waals surface area contributed by atoms with Gasteiger partial charge in [-0.25, -0.2) is 15.0 Å². The zero-order chi connectivity index (χ0) is 18.6. The Bertz CT molecular complexity index is 962. The lowest BCUT2D eigenvalue weighted by Crippen LogP contribution is -2.23. The van der Waals surface area contributed by atoms with Gasteiger partial charge in [0.25, 0.3) is 0 Å². The zero-order valence-electron chi connectivity index (χ0n) is 14.4. The summed E-state index contributed by atoms with van der Waals surface area (Å²) < 4.78 is 12.8. The second kappa shape index (κ2) is 7.45. The number of hydrogen-bond donors (Lipinski definition) is 2. The molecule has 3 aromatic rings. The molecule has 0 saturated heterocycles. The van der Waals surface area contributed by atoms with Gasteiger partial charge < -0.3 is 10.6 Å². The Hall–Kier alpha value is -3.42. The first-order valence-electron chi connectivity index (χ1n) is 8.65. The smallest absolute Gasteiger partial charge is 0.243 e. The monoisotopic (exact) mass is 364 g/mol. The molecule has 0 fully saturated rings. The molecule has 1 aliphatic rings. The van der Waals surface area contributed by atoms with Crippen molar-refractivity contribution in [2.75, 3.05) is 17.2 Å². The van der Waals surface area contributed by atoms with Gasteiger partial charge in [-0.15, -0.1) is 0 Å². The van der Waals surface area contributed by atoms with Crippen molar-refractivity contribution in [3.63, 3.8) is 0 Å². The molecule has 0 bridgehead atoms. The molecular formula is C19H17FN6O. The van der Waals surface area contributed by atoms with Crippen LogP contribution in [0.5, 0.6) is 0 Å². The molecular weight excluding hydrogens is 347 g/mol. The predicted molar refractivity (Wildman–Crippen MR) is 98.6 cm³/mol. The maximum absolute atomic E-state index is 12.8. The number of aryl methyl sites for hydroxylation is 1. The molecule has 136 valence electrons. The zero-order valence-corrected chi connectivity index (χ0v) is 14.4. The minimum absolute atomic E-state index is 0.0302. The molecule has 0 unspecified atom stereocenters. The van der Waals surface area contributed by atoms with Gasteiger partial charge in [-0.2, -0.15) is 4.39 Å². The van der Waals surface area contributed by atoms with Crippen molar-refractivity contribution in [3.05, 3.63) is 59.9 Å². The third kappa shape index (κ3) is 3.89. The Kier molecular flexibility index (Phi) is 4.69. The van der Waals surface area contributed by atoms with Crippen molar-refractivity contribution in [1.29, 1.82) is 0 Å². The summed E-state index contributed by atoms with van der Waals surface area (Å²) in [6, 6.07) is 8.23. The number of hydrogen-bond acceptors (Lipinski definition) is 6. The second-order valence-corrected chi connectivity index (χ2v) is 6.16. The molecule has 2 N–H and O–H groups in total. The van der Waals surface area contributed by atoms with E-state index in [2.05, 4.69) is 30.6 Å². The van der Waals surface area contributed by atoms with E-state index in [-0.39, 0.29) is 12.5 Å². The predicted octanol–water partition coefficient (Wildman–Crippen LogP) is 2.61. The molecule has 27 heavy (non-hydrogen) atoms. The van der Waals surface area contributed by atoms with Crippen LogP contribution in [0.4, 0.5) is 15.9 Å². The third-order valence-electron chi connectivity index (χ3n) is 4.25. The minimum Gasteiger partial charge on any atom is -0.361 e. The summed E-state index contributed by atoms with van der Waals surface area (Å²) in [5.41, 5.74) is 3.17. The first-order chi connectivity index (χ1) is 13.2. The van der Waals surface area contributed by atoms with Gasteiger partial charge in [0.2, 0.25) is 11.9 Å². The lowest BCUT2D eigenvalue weighted by molar-refractivity contribution is -0.114. The van der Waals surface area contributed by atoms with E-state index in [0.717, 1.165) is 30.5 Å². The highest BCUT2D eigenvalue weighted by atomic mass is 19.1. The average molecular weight is 364 g/mol. The summed E-state index contributed by atoms with van der Waals surface area (Å²) in [5.74, 6) is 0.338. The van der Waals surface area contributed by atoms with Crippen LogP contribution in [0.25, 0.3) is 11.5 Å². The van der Waals surface area contributed by atoms with Gasteiger partial charge in [-0.1, -0.05) is 6.07 Å². The molecule has 0 atom stereocenters. The Morgan fingerprint density at radius 3 is 2.81 bits per heavy atom. The number of carbonyl (C=O) groups excluding carboxylic acids is 1. The van der Waals surface area contributed by atoms with Gasteiger partial charge >= 0.3 is 0 Å². The highest BCUT2D eigenvalue weighted by Crippen LogP contribution is 2.28. The molecule has 7 nitrogen and oxygen atoms in total. The normalized spacial score (nSPS) is 12.5. The molecule has 1 aliphatic carbocycles. The van der Waals surface area contributed by atoms with E-state index in [0.29, 0.717) is 23.0 Å². The van der Waals surface area contributed by atoms with Crippen molar-refractivity contribution in [2.24, 2.45) is 0 Å². The maximum Gasteiger partial charge on any atom is 0.243 e. The van der Waals surface area contributed by atoms with Crippen LogP contribution in [-0.2, 0) is 17.6 Å². The van der Waals surface area contributed by atoms with Crippen LogP contribution in [-0.4, -0.2) is 32.4 Å². The second-order valence-electron chi connectivity index (χ2n) is 6.16. The van der Waals surface area contributed by atoms with E-state index in [9.17, 15) is 9.18 Å². The van der Waals surface area contributed by atoms with Crippen LogP contribution in [0.1, 0.15) is 17.7 Å². The van der Waals surface area contributed by atoms with E-state index in [1.807, 2.05) is 18.2 Å². The number of nitrogens with zero attached hydrogens (tertiary/aromatic N) is 4. The van der Waals surface area contributed by atoms with Crippen molar-refractivity contribution in [1.82, 2.24) is 19.9 Å². The van der Waals surface area contributed by atoms with Crippen LogP contribution < -0.4 is 10.6 Å². The first-order valence-corrected chi connectivity index (χ1v) is 8.65. The van der Waals surface area contributed by atoms with Crippen molar-refractivity contribution in [2.45, 2.75) is 19.3 Å². The van der Waals surface area contributed by atoms with Crippen molar-refractivity contribution in [3.8, 4) is 11.5 Å². The molecule has 8 heteroatoms. The summed E-state index contributed by atoms with van der Waals surface area (Å²) in [6.07, 6.45) is 5.75. The summed E-state index contributed by atoms with van der Waals surface area (Å²) >= 11 is 0. The van der Waals surface area contributed by atoms with E-state index in [1.54, 1.807) is 6.20 Å². The fourth-order valence-corrected chi connectivity index (χ4v) is 3.01. The van der Waals surface area contributed by atoms with Gasteiger partial charge in [-0.3, -0.25) is 9.78 Å². The van der Waals surface area contributed by atoms with E-state index in [1.165, 1.54) is 18.3 Å². The Morgan fingerprint density at radius 1 is 1.11 bits per heavy atom. The summed E-state index contributed by atoms with van der Waals surface area (Å²) in [4.78, 5) is 29.2. The first kappa shape index (κ1) is 17.0. The lowest BCUT2D eigenvalue weighted by Gasteiger charge is -2.12. The van der Waals surface area contributed by atoms with Gasteiger partial charge in [0, 0.05) is 17.5 Å². The number of halogens is 1. The molecule has 3 heterocycles. The molecule has 0 spiro atoms. The molecule has 0 aliphatic heterocycles. The number of nitrogens with one attached hydrogen (secondary N) is 2. The fourth-order valence-electron chi connectivity index (χ4n) is 3.01. The maximum atomic E-state index is 12.8. The highest BCUT2D eigenvalue weighted by Gasteiger charge is 2.20. The standard InChI is InChI=1S/C19H17FN6O/c20-16-8-7-12(10-22-16)24-17(27)11-23-18-13-4-3-6-14(13)25-19(26-18)15-5-1-2-9-21-15/h1-2,5,7-10H,3-4,6,11H2,(H,24,27)(H,23,25,26). The molecule has 4 rings (SSSR count). The van der Waals surface area contributed by atoms with Gasteiger partial charge in [0.05, 0.1) is 18.4 Å². The Balaban J connectivity index is 1.50. The largest absolute Gasteiger partial charge is 0.361 e. The quantitative estimate of drug-likeness (QED) is 0.676. The third-order valence-corrected chi connectivity index (χ3v) is 4.25. The number of rotatable bonds is 5. The van der Waals surface area contributed by atoms with E-state index < -0.39 is 5.95 Å². The van der Waals surface area contributed by atoms with Crippen LogP contribution in [0.2, 0.25) is 0 Å². The van der Waals surface area contributed by atoms with Crippen LogP contribution in [0, 0.1) is 5.95 Å². The SMILES string of the molecule is O=C(CNc1nc(-c2ccccn2)nc2c1CCC2)Nc1ccc(F)nc1. The molecule has 0 aromatic carbocycles. The number of carbonyl (C=O) groups is 1. The summed E-state index contributed by atoms with van der Waals surface area (Å²) in [5, 5.41) is 5.77.